The van der Waals surface area contributed by atoms with E-state index in [2.05, 4.69) is 17.6 Å². The van der Waals surface area contributed by atoms with Crippen LogP contribution in [-0.2, 0) is 9.53 Å². The predicted octanol–water partition coefficient (Wildman–Crippen LogP) is 0.668. The van der Waals surface area contributed by atoms with E-state index in [0.29, 0.717) is 13.2 Å². The molecule has 1 aliphatic heterocycles. The molecule has 0 spiro atoms. The van der Waals surface area contributed by atoms with Crippen molar-refractivity contribution in [1.82, 2.24) is 10.6 Å². The molecule has 0 aromatic rings. The lowest BCUT2D eigenvalue weighted by Gasteiger charge is -2.32. The molecule has 1 aliphatic rings. The first kappa shape index (κ1) is 16.4. The average molecular weight is 272 g/mol. The number of rotatable bonds is 8. The molecular formula is C14H28N2O3. The molecule has 2 unspecified atom stereocenters. The van der Waals surface area contributed by atoms with Gasteiger partial charge in [0.25, 0.3) is 0 Å². The number of hydrogen-bond donors (Lipinski definition) is 3. The molecule has 5 nitrogen and oxygen atoms in total. The summed E-state index contributed by atoms with van der Waals surface area (Å²) < 4.78 is 5.42. The topological polar surface area (TPSA) is 70.6 Å². The maximum absolute atomic E-state index is 12.4. The van der Waals surface area contributed by atoms with Crippen LogP contribution in [0.1, 0.15) is 40.0 Å². The van der Waals surface area contributed by atoms with E-state index in [4.69, 9.17) is 4.74 Å². The summed E-state index contributed by atoms with van der Waals surface area (Å²) in [5.41, 5.74) is -0.491. The summed E-state index contributed by atoms with van der Waals surface area (Å²) >= 11 is 0. The SMILES string of the molecule is CCCNC1COCC1C(=O)NC(CC)(CC)CO. The molecule has 1 heterocycles. The molecule has 0 saturated carbocycles. The summed E-state index contributed by atoms with van der Waals surface area (Å²) in [6.45, 7) is 7.99. The lowest BCUT2D eigenvalue weighted by Crippen LogP contribution is -2.55. The summed E-state index contributed by atoms with van der Waals surface area (Å²) in [6, 6.07) is 0.0880. The number of carbonyl (C=O) groups excluding carboxylic acids is 1. The third kappa shape index (κ3) is 4.16. The predicted molar refractivity (Wildman–Crippen MR) is 74.9 cm³/mol. The Morgan fingerprint density at radius 2 is 2.00 bits per heavy atom. The van der Waals surface area contributed by atoms with Crippen LogP contribution in [0.2, 0.25) is 0 Å². The highest BCUT2D eigenvalue weighted by Crippen LogP contribution is 2.19. The first-order chi connectivity index (χ1) is 9.12. The summed E-state index contributed by atoms with van der Waals surface area (Å²) in [7, 11) is 0. The van der Waals surface area contributed by atoms with Gasteiger partial charge in [0.05, 0.1) is 31.3 Å². The van der Waals surface area contributed by atoms with Gasteiger partial charge < -0.3 is 20.5 Å². The molecule has 0 aromatic heterocycles. The van der Waals surface area contributed by atoms with Crippen LogP contribution < -0.4 is 10.6 Å². The van der Waals surface area contributed by atoms with E-state index in [0.717, 1.165) is 25.8 Å². The highest BCUT2D eigenvalue weighted by atomic mass is 16.5. The van der Waals surface area contributed by atoms with Crippen molar-refractivity contribution in [3.63, 3.8) is 0 Å². The van der Waals surface area contributed by atoms with E-state index in [1.165, 1.54) is 0 Å². The summed E-state index contributed by atoms with van der Waals surface area (Å²) in [5.74, 6) is -0.167. The molecule has 112 valence electrons. The Balaban J connectivity index is 2.60. The molecule has 1 amide bonds. The second kappa shape index (κ2) is 7.82. The highest BCUT2D eigenvalue weighted by Gasteiger charge is 2.37. The molecule has 0 aromatic carbocycles. The fourth-order valence-corrected chi connectivity index (χ4v) is 2.39. The van der Waals surface area contributed by atoms with E-state index in [9.17, 15) is 9.90 Å². The Labute approximate surface area is 116 Å². The van der Waals surface area contributed by atoms with Crippen LogP contribution in [0, 0.1) is 5.92 Å². The maximum atomic E-state index is 12.4. The van der Waals surface area contributed by atoms with E-state index >= 15 is 0 Å². The van der Waals surface area contributed by atoms with Crippen LogP contribution in [0.5, 0.6) is 0 Å². The van der Waals surface area contributed by atoms with Gasteiger partial charge in [-0.3, -0.25) is 4.79 Å². The number of amides is 1. The Morgan fingerprint density at radius 3 is 2.53 bits per heavy atom. The van der Waals surface area contributed by atoms with Crippen LogP contribution in [0.15, 0.2) is 0 Å². The van der Waals surface area contributed by atoms with Crippen molar-refractivity contribution in [1.29, 1.82) is 0 Å². The average Bonchev–Trinajstić information content (AvgIpc) is 2.91. The number of hydrogen-bond acceptors (Lipinski definition) is 4. The van der Waals surface area contributed by atoms with Gasteiger partial charge >= 0.3 is 0 Å². The van der Waals surface area contributed by atoms with E-state index < -0.39 is 5.54 Å². The lowest BCUT2D eigenvalue weighted by molar-refractivity contribution is -0.128. The molecule has 1 fully saturated rings. The van der Waals surface area contributed by atoms with Gasteiger partial charge in [0.15, 0.2) is 0 Å². The molecule has 0 aliphatic carbocycles. The van der Waals surface area contributed by atoms with Gasteiger partial charge in [0.1, 0.15) is 0 Å². The Bertz CT molecular complexity index is 272. The molecule has 0 bridgehead atoms. The number of aliphatic hydroxyl groups excluding tert-OH is 1. The maximum Gasteiger partial charge on any atom is 0.227 e. The van der Waals surface area contributed by atoms with Crippen molar-refractivity contribution < 1.29 is 14.6 Å². The fourth-order valence-electron chi connectivity index (χ4n) is 2.39. The quantitative estimate of drug-likeness (QED) is 0.607. The second-order valence-electron chi connectivity index (χ2n) is 5.34. The van der Waals surface area contributed by atoms with E-state index in [1.54, 1.807) is 0 Å². The monoisotopic (exact) mass is 272 g/mol. The van der Waals surface area contributed by atoms with Gasteiger partial charge in [-0.2, -0.15) is 0 Å². The van der Waals surface area contributed by atoms with Gasteiger partial charge in [-0.05, 0) is 25.8 Å². The highest BCUT2D eigenvalue weighted by molar-refractivity contribution is 5.80. The molecule has 2 atom stereocenters. The van der Waals surface area contributed by atoms with Crippen LogP contribution in [-0.4, -0.2) is 49.0 Å². The zero-order chi connectivity index (χ0) is 14.3. The summed E-state index contributed by atoms with van der Waals surface area (Å²) in [4.78, 5) is 12.4. The lowest BCUT2D eigenvalue weighted by atomic mass is 9.92. The minimum absolute atomic E-state index is 0.0103. The van der Waals surface area contributed by atoms with Crippen molar-refractivity contribution in [3.05, 3.63) is 0 Å². The minimum atomic E-state index is -0.491. The third-order valence-electron chi connectivity index (χ3n) is 4.12. The fraction of sp³-hybridized carbons (Fsp3) is 0.929. The van der Waals surface area contributed by atoms with Gasteiger partial charge in [-0.25, -0.2) is 0 Å². The summed E-state index contributed by atoms with van der Waals surface area (Å²) in [5, 5.41) is 15.9. The zero-order valence-corrected chi connectivity index (χ0v) is 12.4. The molecule has 0 radical (unpaired) electrons. The molecule has 19 heavy (non-hydrogen) atoms. The van der Waals surface area contributed by atoms with Crippen molar-refractivity contribution in [2.75, 3.05) is 26.4 Å². The van der Waals surface area contributed by atoms with E-state index in [1.807, 2.05) is 13.8 Å². The van der Waals surface area contributed by atoms with Gasteiger partial charge in [-0.1, -0.05) is 20.8 Å². The number of carbonyl (C=O) groups is 1. The number of nitrogens with one attached hydrogen (secondary N) is 2. The van der Waals surface area contributed by atoms with Gasteiger partial charge in [0.2, 0.25) is 5.91 Å². The third-order valence-corrected chi connectivity index (χ3v) is 4.12. The Kier molecular flexibility index (Phi) is 6.75. The van der Waals surface area contributed by atoms with Crippen LogP contribution in [0.4, 0.5) is 0 Å². The largest absolute Gasteiger partial charge is 0.394 e. The normalized spacial score (nSPS) is 23.6. The Morgan fingerprint density at radius 1 is 1.32 bits per heavy atom. The molecular weight excluding hydrogens is 244 g/mol. The second-order valence-corrected chi connectivity index (χ2v) is 5.34. The van der Waals surface area contributed by atoms with Gasteiger partial charge in [-0.15, -0.1) is 0 Å². The molecule has 1 saturated heterocycles. The van der Waals surface area contributed by atoms with Crippen molar-refractivity contribution in [3.8, 4) is 0 Å². The van der Waals surface area contributed by atoms with Crippen molar-refractivity contribution in [2.24, 2.45) is 5.92 Å². The van der Waals surface area contributed by atoms with E-state index in [-0.39, 0.29) is 24.5 Å². The first-order valence-electron chi connectivity index (χ1n) is 7.36. The standard InChI is InChI=1S/C14H28N2O3/c1-4-7-15-12-9-19-8-11(12)13(18)16-14(5-2,6-3)10-17/h11-12,15,17H,4-10H2,1-3H3,(H,16,18). The number of aliphatic hydroxyl groups is 1. The minimum Gasteiger partial charge on any atom is -0.394 e. The van der Waals surface area contributed by atoms with Crippen LogP contribution >= 0.6 is 0 Å². The molecule has 1 rings (SSSR count). The summed E-state index contributed by atoms with van der Waals surface area (Å²) in [6.07, 6.45) is 2.49. The van der Waals surface area contributed by atoms with Crippen molar-refractivity contribution >= 4 is 5.91 Å². The van der Waals surface area contributed by atoms with Crippen molar-refractivity contribution in [2.45, 2.75) is 51.6 Å². The van der Waals surface area contributed by atoms with Crippen LogP contribution in [0.25, 0.3) is 0 Å². The van der Waals surface area contributed by atoms with Gasteiger partial charge in [0, 0.05) is 6.04 Å². The Hall–Kier alpha value is -0.650. The smallest absolute Gasteiger partial charge is 0.227 e. The first-order valence-corrected chi connectivity index (χ1v) is 7.36. The number of ether oxygens (including phenoxy) is 1. The molecule has 3 N–H and O–H groups in total. The van der Waals surface area contributed by atoms with Crippen LogP contribution in [0.3, 0.4) is 0 Å². The zero-order valence-electron chi connectivity index (χ0n) is 12.4. The molecule has 5 heteroatoms.